The van der Waals surface area contributed by atoms with Gasteiger partial charge >= 0.3 is 0 Å². The van der Waals surface area contributed by atoms with Crippen LogP contribution in [0.4, 0.5) is 11.4 Å². The fourth-order valence-corrected chi connectivity index (χ4v) is 1.36. The molecule has 0 heterocycles. The van der Waals surface area contributed by atoms with Crippen molar-refractivity contribution >= 4 is 28.8 Å². The van der Waals surface area contributed by atoms with Crippen molar-refractivity contribution in [2.24, 2.45) is 0 Å². The van der Waals surface area contributed by atoms with Gasteiger partial charge in [-0.05, 0) is 13.0 Å². The van der Waals surface area contributed by atoms with Gasteiger partial charge in [-0.3, -0.25) is 14.9 Å². The van der Waals surface area contributed by atoms with Gasteiger partial charge < -0.3 is 5.73 Å². The third-order valence-electron chi connectivity index (χ3n) is 1.66. The van der Waals surface area contributed by atoms with E-state index < -0.39 is 10.7 Å². The van der Waals surface area contributed by atoms with E-state index in [1.807, 2.05) is 0 Å². The molecule has 0 saturated carbocycles. The summed E-state index contributed by atoms with van der Waals surface area (Å²) >= 11 is 5.58. The Kier molecular flexibility index (Phi) is 2.71. The first-order chi connectivity index (χ1) is 6.43. The average Bonchev–Trinajstić information content (AvgIpc) is 2.01. The number of nitrogen functional groups attached to an aromatic ring is 1. The molecule has 0 atom stereocenters. The molecule has 0 spiro atoms. The summed E-state index contributed by atoms with van der Waals surface area (Å²) < 4.78 is 0. The first-order valence-electron chi connectivity index (χ1n) is 3.68. The number of hydrogen-bond acceptors (Lipinski definition) is 4. The van der Waals surface area contributed by atoms with Crippen molar-refractivity contribution in [3.05, 3.63) is 32.8 Å². The van der Waals surface area contributed by atoms with Crippen LogP contribution >= 0.6 is 11.6 Å². The van der Waals surface area contributed by atoms with Crippen LogP contribution in [0.15, 0.2) is 12.1 Å². The molecule has 1 aromatic carbocycles. The molecule has 1 aromatic rings. The standard InChI is InChI=1S/C8H7ClN2O3/c1-4(12)8-6(10)2-5(9)3-7(8)11(13)14/h2-3H,10H2,1H3. The molecule has 0 aliphatic carbocycles. The summed E-state index contributed by atoms with van der Waals surface area (Å²) in [5.41, 5.74) is 5.02. The Labute approximate surface area is 84.6 Å². The second-order valence-electron chi connectivity index (χ2n) is 2.70. The van der Waals surface area contributed by atoms with Crippen LogP contribution in [0.25, 0.3) is 0 Å². The molecule has 5 nitrogen and oxygen atoms in total. The van der Waals surface area contributed by atoms with Gasteiger partial charge in [0.1, 0.15) is 5.56 Å². The number of carbonyl (C=O) groups excluding carboxylic acids is 1. The van der Waals surface area contributed by atoms with Crippen LogP contribution in [0.3, 0.4) is 0 Å². The molecule has 2 N–H and O–H groups in total. The van der Waals surface area contributed by atoms with Gasteiger partial charge in [0.2, 0.25) is 0 Å². The second-order valence-corrected chi connectivity index (χ2v) is 3.14. The van der Waals surface area contributed by atoms with E-state index in [0.717, 1.165) is 6.07 Å². The molecule has 0 aliphatic rings. The molecule has 0 radical (unpaired) electrons. The molecule has 0 aliphatic heterocycles. The van der Waals surface area contributed by atoms with Gasteiger partial charge in [-0.2, -0.15) is 0 Å². The van der Waals surface area contributed by atoms with Crippen LogP contribution in [0, 0.1) is 10.1 Å². The van der Waals surface area contributed by atoms with Crippen LogP contribution in [-0.4, -0.2) is 10.7 Å². The van der Waals surface area contributed by atoms with E-state index in [0.29, 0.717) is 0 Å². The lowest BCUT2D eigenvalue weighted by Crippen LogP contribution is -2.04. The molecule has 74 valence electrons. The van der Waals surface area contributed by atoms with Crippen LogP contribution < -0.4 is 5.73 Å². The smallest absolute Gasteiger partial charge is 0.283 e. The highest BCUT2D eigenvalue weighted by Crippen LogP contribution is 2.29. The summed E-state index contributed by atoms with van der Waals surface area (Å²) in [7, 11) is 0. The fourth-order valence-electron chi connectivity index (χ4n) is 1.14. The number of carbonyl (C=O) groups is 1. The number of nitrogens with zero attached hydrogens (tertiary/aromatic N) is 1. The van der Waals surface area contributed by atoms with Crippen molar-refractivity contribution in [1.82, 2.24) is 0 Å². The number of hydrogen-bond donors (Lipinski definition) is 1. The monoisotopic (exact) mass is 214 g/mol. The molecule has 14 heavy (non-hydrogen) atoms. The number of rotatable bonds is 2. The van der Waals surface area contributed by atoms with Crippen LogP contribution in [0.5, 0.6) is 0 Å². The number of ketones is 1. The lowest BCUT2D eigenvalue weighted by molar-refractivity contribution is -0.385. The maximum absolute atomic E-state index is 11.1. The van der Waals surface area contributed by atoms with Gasteiger partial charge in [-0.15, -0.1) is 0 Å². The highest BCUT2D eigenvalue weighted by Gasteiger charge is 2.21. The highest BCUT2D eigenvalue weighted by atomic mass is 35.5. The average molecular weight is 215 g/mol. The molecule has 6 heteroatoms. The van der Waals surface area contributed by atoms with E-state index in [-0.39, 0.29) is 22.0 Å². The molecule has 0 unspecified atom stereocenters. The highest BCUT2D eigenvalue weighted by molar-refractivity contribution is 6.31. The maximum atomic E-state index is 11.1. The lowest BCUT2D eigenvalue weighted by atomic mass is 10.1. The first-order valence-corrected chi connectivity index (χ1v) is 4.05. The predicted molar refractivity (Wildman–Crippen MR) is 52.5 cm³/mol. The number of halogens is 1. The Hall–Kier alpha value is -1.62. The van der Waals surface area contributed by atoms with E-state index in [4.69, 9.17) is 17.3 Å². The molecule has 0 aromatic heterocycles. The minimum absolute atomic E-state index is 0.0247. The van der Waals surface area contributed by atoms with Crippen LogP contribution in [0.2, 0.25) is 5.02 Å². The van der Waals surface area contributed by atoms with Gasteiger partial charge in [-0.25, -0.2) is 0 Å². The Morgan fingerprint density at radius 2 is 2.14 bits per heavy atom. The quantitative estimate of drug-likeness (QED) is 0.353. The fraction of sp³-hybridized carbons (Fsp3) is 0.125. The summed E-state index contributed by atoms with van der Waals surface area (Å²) in [5.74, 6) is -0.453. The molecule has 0 bridgehead atoms. The molecule has 1 rings (SSSR count). The Balaban J connectivity index is 3.52. The normalized spacial score (nSPS) is 9.86. The van der Waals surface area contributed by atoms with Crippen LogP contribution in [-0.2, 0) is 0 Å². The van der Waals surface area contributed by atoms with Gasteiger partial charge in [0.15, 0.2) is 5.78 Å². The van der Waals surface area contributed by atoms with Gasteiger partial charge in [0, 0.05) is 11.1 Å². The molecular formula is C8H7ClN2O3. The Morgan fingerprint density at radius 3 is 2.57 bits per heavy atom. The first kappa shape index (κ1) is 10.5. The zero-order valence-corrected chi connectivity index (χ0v) is 8.04. The lowest BCUT2D eigenvalue weighted by Gasteiger charge is -2.03. The topological polar surface area (TPSA) is 86.2 Å². The molecular weight excluding hydrogens is 208 g/mol. The molecule has 0 saturated heterocycles. The van der Waals surface area contributed by atoms with E-state index in [1.54, 1.807) is 0 Å². The summed E-state index contributed by atoms with van der Waals surface area (Å²) in [5, 5.41) is 10.7. The van der Waals surface area contributed by atoms with Gasteiger partial charge in [0.25, 0.3) is 5.69 Å². The summed E-state index contributed by atoms with van der Waals surface area (Å²) in [6.45, 7) is 1.21. The largest absolute Gasteiger partial charge is 0.398 e. The third kappa shape index (κ3) is 1.82. The number of benzene rings is 1. The third-order valence-corrected chi connectivity index (χ3v) is 1.88. The van der Waals surface area contributed by atoms with Crippen molar-refractivity contribution in [3.8, 4) is 0 Å². The van der Waals surface area contributed by atoms with Gasteiger partial charge in [0.05, 0.1) is 10.6 Å². The number of nitro benzene ring substituents is 1. The number of nitro groups is 1. The van der Waals surface area contributed by atoms with Crippen molar-refractivity contribution in [2.45, 2.75) is 6.92 Å². The van der Waals surface area contributed by atoms with Crippen molar-refractivity contribution in [1.29, 1.82) is 0 Å². The summed E-state index contributed by atoms with van der Waals surface area (Å²) in [4.78, 5) is 21.0. The summed E-state index contributed by atoms with van der Waals surface area (Å²) in [6, 6.07) is 2.42. The number of nitrogens with two attached hydrogens (primary N) is 1. The molecule has 0 fully saturated rings. The number of Topliss-reactive ketones (excluding diaryl/α,β-unsaturated/α-hetero) is 1. The zero-order chi connectivity index (χ0) is 10.9. The van der Waals surface area contributed by atoms with E-state index in [1.165, 1.54) is 13.0 Å². The van der Waals surface area contributed by atoms with Crippen LogP contribution in [0.1, 0.15) is 17.3 Å². The number of anilines is 1. The van der Waals surface area contributed by atoms with E-state index >= 15 is 0 Å². The second kappa shape index (κ2) is 3.63. The SMILES string of the molecule is CC(=O)c1c(N)cc(Cl)cc1[N+](=O)[O-]. The molecule has 0 amide bonds. The van der Waals surface area contributed by atoms with Gasteiger partial charge in [-0.1, -0.05) is 11.6 Å². The predicted octanol–water partition coefficient (Wildman–Crippen LogP) is 2.03. The van der Waals surface area contributed by atoms with E-state index in [2.05, 4.69) is 0 Å². The van der Waals surface area contributed by atoms with E-state index in [9.17, 15) is 14.9 Å². The minimum Gasteiger partial charge on any atom is -0.398 e. The Morgan fingerprint density at radius 1 is 1.57 bits per heavy atom. The van der Waals surface area contributed by atoms with Crippen molar-refractivity contribution in [3.63, 3.8) is 0 Å². The van der Waals surface area contributed by atoms with Crippen molar-refractivity contribution in [2.75, 3.05) is 5.73 Å². The maximum Gasteiger partial charge on any atom is 0.283 e. The summed E-state index contributed by atoms with van der Waals surface area (Å²) in [6.07, 6.45) is 0. The zero-order valence-electron chi connectivity index (χ0n) is 7.28. The van der Waals surface area contributed by atoms with Crippen molar-refractivity contribution < 1.29 is 9.72 Å². The minimum atomic E-state index is -0.682. The Bertz CT molecular complexity index is 417.